The van der Waals surface area contributed by atoms with Crippen molar-refractivity contribution in [1.82, 2.24) is 14.9 Å². The van der Waals surface area contributed by atoms with Gasteiger partial charge in [0, 0.05) is 30.8 Å². The Morgan fingerprint density at radius 2 is 2.08 bits per heavy atom. The summed E-state index contributed by atoms with van der Waals surface area (Å²) in [6.45, 7) is 4.94. The molecule has 192 valence electrons. The molecule has 1 saturated carbocycles. The van der Waals surface area contributed by atoms with Gasteiger partial charge in [0.25, 0.3) is 0 Å². The molecule has 1 N–H and O–H groups in total. The number of hydrogen-bond donors (Lipinski definition) is 1. The first-order valence-corrected chi connectivity index (χ1v) is 13.0. The standard InChI is InChI=1S/C30H38FN3O2/c1-20(2)28-24-13-12-23(31)19-22(24)14-15-30(28,36-29(35)21-10-11-21)16-18-34(3)17-6-9-27-32-25-7-4-5-8-26(25)33-27/h4-5,7-8,12-13,19-21,28H,6,9-11,14-18H2,1-3H3,(H,32,33)/t28-,30-/m0/s1/i14D2,15D2. The summed E-state index contributed by atoms with van der Waals surface area (Å²) in [7, 11) is 1.94. The topological polar surface area (TPSA) is 58.2 Å². The van der Waals surface area contributed by atoms with Gasteiger partial charge in [0.15, 0.2) is 0 Å². The normalized spacial score (nSPS) is 26.2. The minimum atomic E-state index is -2.60. The molecule has 1 fully saturated rings. The van der Waals surface area contributed by atoms with Gasteiger partial charge in [-0.3, -0.25) is 4.79 Å². The van der Waals surface area contributed by atoms with Crippen LogP contribution in [-0.4, -0.2) is 46.6 Å². The fourth-order valence-corrected chi connectivity index (χ4v) is 5.36. The van der Waals surface area contributed by atoms with E-state index in [1.807, 2.05) is 45.2 Å². The lowest BCUT2D eigenvalue weighted by molar-refractivity contribution is -0.169. The Kier molecular flexibility index (Phi) is 5.84. The molecule has 5 rings (SSSR count). The summed E-state index contributed by atoms with van der Waals surface area (Å²) in [6, 6.07) is 11.8. The second kappa shape index (κ2) is 10.3. The molecule has 2 aliphatic rings. The molecule has 0 aliphatic heterocycles. The molecule has 0 spiro atoms. The van der Waals surface area contributed by atoms with Gasteiger partial charge in [-0.15, -0.1) is 0 Å². The minimum Gasteiger partial charge on any atom is -0.458 e. The smallest absolute Gasteiger partial charge is 0.309 e. The van der Waals surface area contributed by atoms with E-state index in [0.29, 0.717) is 31.5 Å². The van der Waals surface area contributed by atoms with Crippen LogP contribution in [-0.2, 0) is 22.3 Å². The van der Waals surface area contributed by atoms with E-state index in [4.69, 9.17) is 7.48 Å². The van der Waals surface area contributed by atoms with Crippen molar-refractivity contribution in [2.45, 2.75) is 70.2 Å². The maximum atomic E-state index is 14.3. The maximum absolute atomic E-state index is 14.3. The summed E-state index contributed by atoms with van der Waals surface area (Å²) >= 11 is 0. The fraction of sp³-hybridized carbons (Fsp3) is 0.533. The number of fused-ring (bicyclic) bond motifs is 2. The lowest BCUT2D eigenvalue weighted by atomic mass is 9.65. The van der Waals surface area contributed by atoms with Crippen LogP contribution < -0.4 is 0 Å². The van der Waals surface area contributed by atoms with Gasteiger partial charge in [-0.2, -0.15) is 0 Å². The van der Waals surface area contributed by atoms with Crippen molar-refractivity contribution in [3.05, 3.63) is 65.2 Å². The average molecular weight is 496 g/mol. The Balaban J connectivity index is 1.40. The number of aromatic nitrogens is 2. The van der Waals surface area contributed by atoms with Crippen LogP contribution in [0.2, 0.25) is 0 Å². The number of halogens is 1. The second-order valence-corrected chi connectivity index (χ2v) is 10.6. The van der Waals surface area contributed by atoms with Crippen molar-refractivity contribution in [1.29, 1.82) is 0 Å². The molecular weight excluding hydrogens is 453 g/mol. The number of carbonyl (C=O) groups is 1. The highest BCUT2D eigenvalue weighted by Gasteiger charge is 2.49. The maximum Gasteiger partial charge on any atom is 0.309 e. The third-order valence-electron chi connectivity index (χ3n) is 7.38. The Morgan fingerprint density at radius 3 is 2.83 bits per heavy atom. The number of nitrogens with zero attached hydrogens (tertiary/aromatic N) is 2. The molecule has 3 aromatic rings. The average Bonchev–Trinajstić information content (AvgIpc) is 3.66. The van der Waals surface area contributed by atoms with Crippen LogP contribution in [0.1, 0.15) is 74.3 Å². The molecule has 0 saturated heterocycles. The van der Waals surface area contributed by atoms with Crippen molar-refractivity contribution in [3.8, 4) is 0 Å². The zero-order valence-corrected chi connectivity index (χ0v) is 21.3. The largest absolute Gasteiger partial charge is 0.458 e. The fourth-order valence-electron chi connectivity index (χ4n) is 5.36. The van der Waals surface area contributed by atoms with Crippen molar-refractivity contribution in [2.24, 2.45) is 11.8 Å². The molecule has 5 nitrogen and oxygen atoms in total. The molecule has 1 heterocycles. The number of imidazole rings is 1. The van der Waals surface area contributed by atoms with Gasteiger partial charge in [0.05, 0.1) is 17.0 Å². The van der Waals surface area contributed by atoms with Crippen LogP contribution in [0.25, 0.3) is 11.0 Å². The van der Waals surface area contributed by atoms with E-state index in [0.717, 1.165) is 35.8 Å². The molecule has 0 unspecified atom stereocenters. The number of H-pyrrole nitrogens is 1. The first-order valence-electron chi connectivity index (χ1n) is 15.0. The highest BCUT2D eigenvalue weighted by atomic mass is 19.1. The van der Waals surface area contributed by atoms with Crippen molar-refractivity contribution >= 4 is 17.0 Å². The zero-order chi connectivity index (χ0) is 28.9. The Labute approximate surface area is 219 Å². The van der Waals surface area contributed by atoms with E-state index in [9.17, 15) is 11.9 Å². The minimum absolute atomic E-state index is 0.00603. The van der Waals surface area contributed by atoms with E-state index in [-0.39, 0.29) is 23.8 Å². The molecule has 2 aromatic carbocycles. The van der Waals surface area contributed by atoms with Gasteiger partial charge in [0.2, 0.25) is 0 Å². The predicted molar refractivity (Wildman–Crippen MR) is 140 cm³/mol. The molecule has 2 atom stereocenters. The van der Waals surface area contributed by atoms with Crippen LogP contribution in [0.4, 0.5) is 4.39 Å². The summed E-state index contributed by atoms with van der Waals surface area (Å²) in [5.74, 6) is -1.29. The highest BCUT2D eigenvalue weighted by Crippen LogP contribution is 2.49. The van der Waals surface area contributed by atoms with E-state index in [1.54, 1.807) is 6.07 Å². The summed E-state index contributed by atoms with van der Waals surface area (Å²) in [5.41, 5.74) is 0.668. The van der Waals surface area contributed by atoms with Gasteiger partial charge in [-0.25, -0.2) is 9.37 Å². The molecule has 0 amide bonds. The third-order valence-corrected chi connectivity index (χ3v) is 7.38. The van der Waals surface area contributed by atoms with Crippen LogP contribution in [0, 0.1) is 17.7 Å². The number of rotatable bonds is 10. The predicted octanol–water partition coefficient (Wildman–Crippen LogP) is 6.03. The molecule has 6 heteroatoms. The van der Waals surface area contributed by atoms with Crippen LogP contribution >= 0.6 is 0 Å². The summed E-state index contributed by atoms with van der Waals surface area (Å²) < 4.78 is 56.7. The van der Waals surface area contributed by atoms with Gasteiger partial charge in [-0.1, -0.05) is 32.0 Å². The summed E-state index contributed by atoms with van der Waals surface area (Å²) in [4.78, 5) is 23.2. The van der Waals surface area contributed by atoms with E-state index in [1.165, 1.54) is 6.07 Å². The van der Waals surface area contributed by atoms with Gasteiger partial charge >= 0.3 is 5.97 Å². The first-order chi connectivity index (χ1) is 18.9. The zero-order valence-electron chi connectivity index (χ0n) is 25.3. The van der Waals surface area contributed by atoms with Crippen molar-refractivity contribution in [3.63, 3.8) is 0 Å². The van der Waals surface area contributed by atoms with Crippen molar-refractivity contribution in [2.75, 3.05) is 20.1 Å². The van der Waals surface area contributed by atoms with E-state index in [2.05, 4.69) is 14.9 Å². The number of carbonyl (C=O) groups excluding carboxylic acids is 1. The number of benzene rings is 2. The van der Waals surface area contributed by atoms with Crippen molar-refractivity contribution < 1.29 is 19.4 Å². The number of ether oxygens (including phenoxy) is 1. The molecule has 0 bridgehead atoms. The molecular formula is C30H38FN3O2. The number of hydrogen-bond acceptors (Lipinski definition) is 4. The van der Waals surface area contributed by atoms with Gasteiger partial charge < -0.3 is 14.6 Å². The summed E-state index contributed by atoms with van der Waals surface area (Å²) in [6.07, 6.45) is -2.11. The van der Waals surface area contributed by atoms with Gasteiger partial charge in [0.1, 0.15) is 17.2 Å². The SMILES string of the molecule is [2H]C1([2H])c2cc(F)ccc2[C@H](C(C)C)[C@](CCN(C)CCCc2nc3ccccc3[nH]2)(OC(=O)C2CC2)C1([2H])[2H]. The molecule has 1 aromatic heterocycles. The first kappa shape index (κ1) is 20.3. The van der Waals surface area contributed by atoms with Crippen LogP contribution in [0.5, 0.6) is 0 Å². The molecule has 2 aliphatic carbocycles. The van der Waals surface area contributed by atoms with Crippen LogP contribution in [0.3, 0.4) is 0 Å². The lowest BCUT2D eigenvalue weighted by Gasteiger charge is -2.47. The van der Waals surface area contributed by atoms with Crippen LogP contribution in [0.15, 0.2) is 42.5 Å². The lowest BCUT2D eigenvalue weighted by Crippen LogP contribution is -2.48. The van der Waals surface area contributed by atoms with E-state index >= 15 is 0 Å². The quantitative estimate of drug-likeness (QED) is 0.349. The second-order valence-electron chi connectivity index (χ2n) is 10.6. The number of nitrogens with one attached hydrogen (secondary N) is 1. The Hall–Kier alpha value is -2.73. The molecule has 36 heavy (non-hydrogen) atoms. The summed E-state index contributed by atoms with van der Waals surface area (Å²) in [5, 5.41) is 0. The highest BCUT2D eigenvalue weighted by molar-refractivity contribution is 5.76. The number of aryl methyl sites for hydroxylation is 2. The number of esters is 1. The van der Waals surface area contributed by atoms with Gasteiger partial charge in [-0.05, 0) is 86.9 Å². The number of aromatic amines is 1. The third kappa shape index (κ3) is 5.34. The molecule has 0 radical (unpaired) electrons. The monoisotopic (exact) mass is 495 g/mol. The Morgan fingerprint density at radius 1 is 1.28 bits per heavy atom. The Bertz CT molecular complexity index is 1360. The number of para-hydroxylation sites is 2. The van der Waals surface area contributed by atoms with E-state index < -0.39 is 36.1 Å².